The van der Waals surface area contributed by atoms with Crippen LogP contribution >= 0.6 is 12.6 Å². The third kappa shape index (κ3) is 3.96. The Labute approximate surface area is 97.7 Å². The van der Waals surface area contributed by atoms with E-state index >= 15 is 0 Å². The molecule has 0 unspecified atom stereocenters. The van der Waals surface area contributed by atoms with Crippen molar-refractivity contribution >= 4 is 18.1 Å². The van der Waals surface area contributed by atoms with Crippen molar-refractivity contribution in [1.82, 2.24) is 9.61 Å². The summed E-state index contributed by atoms with van der Waals surface area (Å²) in [4.78, 5) is 0.931. The highest BCUT2D eigenvalue weighted by Crippen LogP contribution is 2.09. The number of thiol groups is 1. The van der Waals surface area contributed by atoms with E-state index in [4.69, 9.17) is 0 Å². The van der Waals surface area contributed by atoms with Gasteiger partial charge < -0.3 is 0 Å². The van der Waals surface area contributed by atoms with Crippen molar-refractivity contribution in [3.05, 3.63) is 30.1 Å². The normalized spacial score (nSPS) is 8.67. The first kappa shape index (κ1) is 14.0. The van der Waals surface area contributed by atoms with E-state index in [0.717, 1.165) is 16.1 Å². The molecule has 0 amide bonds. The Balaban J connectivity index is 0.000000442. The lowest BCUT2D eigenvalue weighted by molar-refractivity contribution is 0.917. The Morgan fingerprint density at radius 1 is 1.13 bits per heavy atom. The highest BCUT2D eigenvalue weighted by atomic mass is 32.1. The molecule has 2 nitrogen and oxygen atoms in total. The van der Waals surface area contributed by atoms with Gasteiger partial charge in [0.25, 0.3) is 0 Å². The molecule has 0 N–H and O–H groups in total. The SMILES string of the molecule is CC.CC.Cc1cc2ccc(S)cn2n1. The first-order valence-corrected chi connectivity index (χ1v) is 5.85. The highest BCUT2D eigenvalue weighted by Gasteiger charge is 1.95. The van der Waals surface area contributed by atoms with Crippen molar-refractivity contribution < 1.29 is 0 Å². The van der Waals surface area contributed by atoms with Gasteiger partial charge in [0.1, 0.15) is 0 Å². The van der Waals surface area contributed by atoms with Gasteiger partial charge in [-0.25, -0.2) is 4.52 Å². The molecule has 15 heavy (non-hydrogen) atoms. The molecule has 2 heterocycles. The summed E-state index contributed by atoms with van der Waals surface area (Å²) in [7, 11) is 0. The molecule has 0 aromatic carbocycles. The van der Waals surface area contributed by atoms with Crippen molar-refractivity contribution in [2.45, 2.75) is 39.5 Å². The molecule has 0 radical (unpaired) electrons. The Kier molecular flexibility index (Phi) is 6.88. The Hall–Kier alpha value is -0.960. The number of aromatic nitrogens is 2. The number of rotatable bonds is 0. The number of pyridine rings is 1. The maximum absolute atomic E-state index is 4.24. The molecule has 2 rings (SSSR count). The van der Waals surface area contributed by atoms with Gasteiger partial charge in [0.15, 0.2) is 0 Å². The molecule has 0 bridgehead atoms. The van der Waals surface area contributed by atoms with Gasteiger partial charge >= 0.3 is 0 Å². The summed E-state index contributed by atoms with van der Waals surface area (Å²) in [6.07, 6.45) is 1.89. The van der Waals surface area contributed by atoms with Crippen LogP contribution in [0.3, 0.4) is 0 Å². The smallest absolute Gasteiger partial charge is 0.0665 e. The zero-order chi connectivity index (χ0) is 11.8. The van der Waals surface area contributed by atoms with Crippen LogP contribution in [-0.4, -0.2) is 9.61 Å². The van der Waals surface area contributed by atoms with Gasteiger partial charge in [0.2, 0.25) is 0 Å². The van der Waals surface area contributed by atoms with E-state index in [1.807, 2.05) is 63.5 Å². The van der Waals surface area contributed by atoms with E-state index in [1.165, 1.54) is 0 Å². The van der Waals surface area contributed by atoms with Crippen LogP contribution in [0.15, 0.2) is 29.3 Å². The summed E-state index contributed by atoms with van der Waals surface area (Å²) in [5, 5.41) is 4.24. The number of nitrogens with zero attached hydrogens (tertiary/aromatic N) is 2. The second-order valence-corrected chi connectivity index (χ2v) is 3.06. The lowest BCUT2D eigenvalue weighted by Gasteiger charge is -1.92. The van der Waals surface area contributed by atoms with E-state index in [0.29, 0.717) is 0 Å². The van der Waals surface area contributed by atoms with Gasteiger partial charge in [-0.15, -0.1) is 12.6 Å². The van der Waals surface area contributed by atoms with Gasteiger partial charge in [0.05, 0.1) is 11.2 Å². The van der Waals surface area contributed by atoms with E-state index < -0.39 is 0 Å². The average molecular weight is 224 g/mol. The number of aryl methyl sites for hydroxylation is 1. The zero-order valence-electron chi connectivity index (χ0n) is 10.2. The fourth-order valence-corrected chi connectivity index (χ4v) is 1.29. The lowest BCUT2D eigenvalue weighted by atomic mass is 10.4. The summed E-state index contributed by atoms with van der Waals surface area (Å²) in [5.41, 5.74) is 2.14. The minimum absolute atomic E-state index is 0.931. The Morgan fingerprint density at radius 3 is 2.33 bits per heavy atom. The minimum Gasteiger partial charge on any atom is -0.240 e. The standard InChI is InChI=1S/C8H8N2S.2C2H6/c1-6-4-7-2-3-8(11)5-10(7)9-6;2*1-2/h2-5,11H,1H3;2*1-2H3. The second-order valence-electron chi connectivity index (χ2n) is 2.54. The largest absolute Gasteiger partial charge is 0.240 e. The average Bonchev–Trinajstić information content (AvgIpc) is 2.63. The Morgan fingerprint density at radius 2 is 1.73 bits per heavy atom. The Bertz CT molecular complexity index is 393. The second kappa shape index (κ2) is 7.35. The minimum atomic E-state index is 0.931. The molecule has 0 atom stereocenters. The summed E-state index contributed by atoms with van der Waals surface area (Å²) < 4.78 is 1.83. The summed E-state index contributed by atoms with van der Waals surface area (Å²) in [5.74, 6) is 0. The van der Waals surface area contributed by atoms with E-state index in [9.17, 15) is 0 Å². The molecule has 0 aliphatic carbocycles. The summed E-state index contributed by atoms with van der Waals surface area (Å²) in [6, 6.07) is 6.00. The lowest BCUT2D eigenvalue weighted by Crippen LogP contribution is -1.85. The van der Waals surface area contributed by atoms with Crippen LogP contribution in [0.4, 0.5) is 0 Å². The first-order chi connectivity index (χ1) is 7.25. The molecule has 0 saturated carbocycles. The summed E-state index contributed by atoms with van der Waals surface area (Å²) in [6.45, 7) is 9.98. The first-order valence-electron chi connectivity index (χ1n) is 5.41. The molecular formula is C12H20N2S. The van der Waals surface area contributed by atoms with Gasteiger partial charge in [-0.05, 0) is 25.1 Å². The maximum atomic E-state index is 4.24. The van der Waals surface area contributed by atoms with Crippen LogP contribution in [0, 0.1) is 6.92 Å². The van der Waals surface area contributed by atoms with Crippen molar-refractivity contribution in [2.24, 2.45) is 0 Å². The highest BCUT2D eigenvalue weighted by molar-refractivity contribution is 7.80. The van der Waals surface area contributed by atoms with Crippen molar-refractivity contribution in [1.29, 1.82) is 0 Å². The van der Waals surface area contributed by atoms with E-state index in [-0.39, 0.29) is 0 Å². The number of hydrogen-bond donors (Lipinski definition) is 1. The van der Waals surface area contributed by atoms with Crippen LogP contribution in [0.5, 0.6) is 0 Å². The fraction of sp³-hybridized carbons (Fsp3) is 0.417. The van der Waals surface area contributed by atoms with Crippen molar-refractivity contribution in [2.75, 3.05) is 0 Å². The zero-order valence-corrected chi connectivity index (χ0v) is 11.0. The van der Waals surface area contributed by atoms with Crippen molar-refractivity contribution in [3.63, 3.8) is 0 Å². The van der Waals surface area contributed by atoms with Gasteiger partial charge in [-0.3, -0.25) is 0 Å². The molecule has 84 valence electrons. The molecule has 0 spiro atoms. The number of hydrogen-bond acceptors (Lipinski definition) is 2. The summed E-state index contributed by atoms with van der Waals surface area (Å²) >= 11 is 4.21. The van der Waals surface area contributed by atoms with Gasteiger partial charge in [-0.1, -0.05) is 27.7 Å². The van der Waals surface area contributed by atoms with Gasteiger partial charge in [-0.2, -0.15) is 5.10 Å². The van der Waals surface area contributed by atoms with Crippen LogP contribution in [0.1, 0.15) is 33.4 Å². The monoisotopic (exact) mass is 224 g/mol. The van der Waals surface area contributed by atoms with E-state index in [2.05, 4.69) is 17.7 Å². The van der Waals surface area contributed by atoms with Crippen LogP contribution < -0.4 is 0 Å². The molecule has 0 aliphatic rings. The fourth-order valence-electron chi connectivity index (χ4n) is 1.10. The quantitative estimate of drug-likeness (QED) is 0.670. The van der Waals surface area contributed by atoms with Crippen molar-refractivity contribution in [3.8, 4) is 0 Å². The van der Waals surface area contributed by atoms with E-state index in [1.54, 1.807) is 0 Å². The molecule has 0 fully saturated rings. The topological polar surface area (TPSA) is 17.3 Å². The van der Waals surface area contributed by atoms with Crippen LogP contribution in [0.2, 0.25) is 0 Å². The predicted octanol–water partition coefficient (Wildman–Crippen LogP) is 3.98. The van der Waals surface area contributed by atoms with Crippen LogP contribution in [0.25, 0.3) is 5.52 Å². The molecule has 2 aromatic rings. The third-order valence-electron chi connectivity index (χ3n) is 1.57. The predicted molar refractivity (Wildman–Crippen MR) is 69.9 cm³/mol. The molecule has 0 saturated heterocycles. The molecular weight excluding hydrogens is 204 g/mol. The van der Waals surface area contributed by atoms with Gasteiger partial charge in [0, 0.05) is 11.1 Å². The number of fused-ring (bicyclic) bond motifs is 1. The third-order valence-corrected chi connectivity index (χ3v) is 1.83. The molecule has 2 aromatic heterocycles. The maximum Gasteiger partial charge on any atom is 0.0665 e. The molecule has 3 heteroatoms. The molecule has 0 aliphatic heterocycles. The van der Waals surface area contributed by atoms with Crippen LogP contribution in [-0.2, 0) is 0 Å².